The van der Waals surface area contributed by atoms with Crippen molar-refractivity contribution in [3.63, 3.8) is 0 Å². The van der Waals surface area contributed by atoms with Gasteiger partial charge in [0, 0.05) is 6.42 Å². The molecule has 0 fully saturated rings. The third-order valence-electron chi connectivity index (χ3n) is 4.70. The molecule has 25 heavy (non-hydrogen) atoms. The Bertz CT molecular complexity index is 342. The number of hydrogen-bond acceptors (Lipinski definition) is 3. The van der Waals surface area contributed by atoms with E-state index in [1.165, 1.54) is 71.3 Å². The molecule has 1 atom stereocenters. The highest BCUT2D eigenvalue weighted by Crippen LogP contribution is 2.12. The molecule has 1 amide bonds. The minimum absolute atomic E-state index is 0.0402. The van der Waals surface area contributed by atoms with Crippen LogP contribution in [0.25, 0.3) is 0 Å². The number of esters is 1. The van der Waals surface area contributed by atoms with Crippen LogP contribution < -0.4 is 5.32 Å². The van der Waals surface area contributed by atoms with E-state index in [4.69, 9.17) is 4.74 Å². The summed E-state index contributed by atoms with van der Waals surface area (Å²) in [6, 6.07) is -0.533. The Morgan fingerprint density at radius 3 is 1.64 bits per heavy atom. The maximum atomic E-state index is 11.9. The third kappa shape index (κ3) is 13.9. The van der Waals surface area contributed by atoms with Gasteiger partial charge >= 0.3 is 5.97 Å². The van der Waals surface area contributed by atoms with Gasteiger partial charge in [-0.1, -0.05) is 91.4 Å². The molecule has 0 aromatic carbocycles. The van der Waals surface area contributed by atoms with Gasteiger partial charge in [0.1, 0.15) is 6.04 Å². The molecule has 0 rings (SSSR count). The summed E-state index contributed by atoms with van der Waals surface area (Å²) in [5, 5.41) is 2.79. The maximum absolute atomic E-state index is 11.9. The first-order valence-corrected chi connectivity index (χ1v) is 10.4. The third-order valence-corrected chi connectivity index (χ3v) is 4.70. The van der Waals surface area contributed by atoms with Gasteiger partial charge in [-0.05, 0) is 12.3 Å². The fourth-order valence-electron chi connectivity index (χ4n) is 3.00. The van der Waals surface area contributed by atoms with Crippen LogP contribution in [0.4, 0.5) is 0 Å². The average Bonchev–Trinajstić information content (AvgIpc) is 2.59. The molecule has 0 saturated carbocycles. The number of methoxy groups -OCH3 is 1. The Hall–Kier alpha value is -1.06. The van der Waals surface area contributed by atoms with Gasteiger partial charge in [0.05, 0.1) is 7.11 Å². The summed E-state index contributed by atoms with van der Waals surface area (Å²) < 4.78 is 4.74. The number of amides is 1. The van der Waals surface area contributed by atoms with Gasteiger partial charge in [-0.25, -0.2) is 4.79 Å². The lowest BCUT2D eigenvalue weighted by atomic mass is 10.0. The molecule has 1 unspecified atom stereocenters. The molecule has 0 heterocycles. The van der Waals surface area contributed by atoms with Gasteiger partial charge in [0.2, 0.25) is 5.91 Å². The zero-order chi connectivity index (χ0) is 18.9. The average molecular weight is 356 g/mol. The second kappa shape index (κ2) is 16.4. The monoisotopic (exact) mass is 355 g/mol. The number of nitrogens with one attached hydrogen (secondary N) is 1. The molecule has 148 valence electrons. The predicted octanol–water partition coefficient (Wildman–Crippen LogP) is 5.39. The Labute approximate surface area is 155 Å². The van der Waals surface area contributed by atoms with E-state index < -0.39 is 6.04 Å². The van der Waals surface area contributed by atoms with Crippen LogP contribution in [0.5, 0.6) is 0 Å². The molecule has 0 bridgehead atoms. The number of carbonyl (C=O) groups excluding carboxylic acids is 2. The van der Waals surface area contributed by atoms with E-state index in [1.807, 2.05) is 13.8 Å². The van der Waals surface area contributed by atoms with Crippen LogP contribution in [0.3, 0.4) is 0 Å². The zero-order valence-electron chi connectivity index (χ0n) is 17.1. The number of ether oxygens (including phenoxy) is 1. The molecule has 0 saturated heterocycles. The van der Waals surface area contributed by atoms with Crippen molar-refractivity contribution in [2.24, 2.45) is 5.92 Å². The molecule has 0 radical (unpaired) electrons. The molecule has 1 N–H and O–H groups in total. The molecule has 4 heteroatoms. The van der Waals surface area contributed by atoms with Crippen molar-refractivity contribution < 1.29 is 14.3 Å². The van der Waals surface area contributed by atoms with Crippen molar-refractivity contribution in [2.45, 2.75) is 110 Å². The van der Waals surface area contributed by atoms with Crippen molar-refractivity contribution in [2.75, 3.05) is 7.11 Å². The van der Waals surface area contributed by atoms with Crippen LogP contribution in [-0.4, -0.2) is 25.0 Å². The lowest BCUT2D eigenvalue weighted by molar-refractivity contribution is -0.146. The van der Waals surface area contributed by atoms with Gasteiger partial charge in [0.15, 0.2) is 0 Å². The van der Waals surface area contributed by atoms with E-state index in [2.05, 4.69) is 12.2 Å². The van der Waals surface area contributed by atoms with Gasteiger partial charge < -0.3 is 10.1 Å². The highest BCUT2D eigenvalue weighted by Gasteiger charge is 2.24. The van der Waals surface area contributed by atoms with E-state index in [0.717, 1.165) is 12.8 Å². The summed E-state index contributed by atoms with van der Waals surface area (Å²) in [6.07, 6.45) is 15.9. The van der Waals surface area contributed by atoms with Gasteiger partial charge in [-0.3, -0.25) is 4.79 Å². The minimum Gasteiger partial charge on any atom is -0.467 e. The first-order valence-electron chi connectivity index (χ1n) is 10.4. The van der Waals surface area contributed by atoms with Crippen LogP contribution >= 0.6 is 0 Å². The van der Waals surface area contributed by atoms with Gasteiger partial charge in [-0.15, -0.1) is 0 Å². The van der Waals surface area contributed by atoms with Crippen LogP contribution in [0.2, 0.25) is 0 Å². The van der Waals surface area contributed by atoms with Crippen molar-refractivity contribution in [3.8, 4) is 0 Å². The second-order valence-corrected chi connectivity index (χ2v) is 7.45. The van der Waals surface area contributed by atoms with Gasteiger partial charge in [-0.2, -0.15) is 0 Å². The number of hydrogen-bond donors (Lipinski definition) is 1. The van der Waals surface area contributed by atoms with Crippen molar-refractivity contribution >= 4 is 11.9 Å². The van der Waals surface area contributed by atoms with E-state index in [1.54, 1.807) is 0 Å². The van der Waals surface area contributed by atoms with E-state index in [9.17, 15) is 9.59 Å². The summed E-state index contributed by atoms with van der Waals surface area (Å²) in [5.41, 5.74) is 0. The quantitative estimate of drug-likeness (QED) is 0.298. The molecule has 0 aliphatic carbocycles. The number of carbonyl (C=O) groups is 2. The van der Waals surface area contributed by atoms with E-state index >= 15 is 0 Å². The van der Waals surface area contributed by atoms with Crippen molar-refractivity contribution in [1.82, 2.24) is 5.32 Å². The molecule has 4 nitrogen and oxygen atoms in total. The SMILES string of the molecule is CCCCCCCCCCCCCCC(=O)NC(C(=O)OC)C(C)C. The lowest BCUT2D eigenvalue weighted by Crippen LogP contribution is -2.44. The van der Waals surface area contributed by atoms with Crippen LogP contribution in [0.15, 0.2) is 0 Å². The summed E-state index contributed by atoms with van der Waals surface area (Å²) >= 11 is 0. The first-order chi connectivity index (χ1) is 12.0. The smallest absolute Gasteiger partial charge is 0.328 e. The van der Waals surface area contributed by atoms with Crippen LogP contribution in [-0.2, 0) is 14.3 Å². The zero-order valence-corrected chi connectivity index (χ0v) is 17.1. The molecular formula is C21H41NO3. The Balaban J connectivity index is 3.52. The van der Waals surface area contributed by atoms with Crippen molar-refractivity contribution in [1.29, 1.82) is 0 Å². The molecule has 0 aliphatic heterocycles. The Kier molecular flexibility index (Phi) is 15.7. The van der Waals surface area contributed by atoms with Gasteiger partial charge in [0.25, 0.3) is 0 Å². The maximum Gasteiger partial charge on any atom is 0.328 e. The van der Waals surface area contributed by atoms with Crippen molar-refractivity contribution in [3.05, 3.63) is 0 Å². The topological polar surface area (TPSA) is 55.4 Å². The molecular weight excluding hydrogens is 314 g/mol. The highest BCUT2D eigenvalue weighted by atomic mass is 16.5. The second-order valence-electron chi connectivity index (χ2n) is 7.45. The number of rotatable bonds is 16. The standard InChI is InChI=1S/C21H41NO3/c1-5-6-7-8-9-10-11-12-13-14-15-16-17-19(23)22-20(18(2)3)21(24)25-4/h18,20H,5-17H2,1-4H3,(H,22,23). The van der Waals surface area contributed by atoms with Crippen LogP contribution in [0, 0.1) is 5.92 Å². The van der Waals surface area contributed by atoms with Crippen LogP contribution in [0.1, 0.15) is 104 Å². The molecule has 0 spiro atoms. The fraction of sp³-hybridized carbons (Fsp3) is 0.905. The molecule has 0 aliphatic rings. The fourth-order valence-corrected chi connectivity index (χ4v) is 3.00. The Morgan fingerprint density at radius 1 is 0.800 bits per heavy atom. The lowest BCUT2D eigenvalue weighted by Gasteiger charge is -2.19. The summed E-state index contributed by atoms with van der Waals surface area (Å²) in [6.45, 7) is 6.07. The normalized spacial score (nSPS) is 12.2. The largest absolute Gasteiger partial charge is 0.467 e. The predicted molar refractivity (Wildman–Crippen MR) is 104 cm³/mol. The van der Waals surface area contributed by atoms with E-state index in [0.29, 0.717) is 6.42 Å². The first kappa shape index (κ1) is 23.9. The molecule has 0 aromatic rings. The van der Waals surface area contributed by atoms with E-state index in [-0.39, 0.29) is 17.8 Å². The summed E-state index contributed by atoms with van der Waals surface area (Å²) in [7, 11) is 1.36. The number of unbranched alkanes of at least 4 members (excludes halogenated alkanes) is 11. The summed E-state index contributed by atoms with van der Waals surface area (Å²) in [5.74, 6) is -0.368. The minimum atomic E-state index is -0.533. The molecule has 0 aromatic heterocycles. The highest BCUT2D eigenvalue weighted by molar-refractivity contribution is 5.84. The Morgan fingerprint density at radius 2 is 1.24 bits per heavy atom. The summed E-state index contributed by atoms with van der Waals surface area (Å²) in [4.78, 5) is 23.6.